The van der Waals surface area contributed by atoms with Crippen LogP contribution < -0.4 is 43.4 Å². The summed E-state index contributed by atoms with van der Waals surface area (Å²) in [5.41, 5.74) is 4.15. The average Bonchev–Trinajstić information content (AvgIpc) is 3.19. The molecule has 51 heavy (non-hydrogen) atoms. The van der Waals surface area contributed by atoms with Crippen LogP contribution in [-0.4, -0.2) is 70.1 Å². The molecule has 4 aromatic rings. The molecule has 4 rings (SSSR count). The van der Waals surface area contributed by atoms with Gasteiger partial charge in [0.05, 0.1) is 63.0 Å². The Balaban J connectivity index is 2.07. The summed E-state index contributed by atoms with van der Waals surface area (Å²) < 4.78 is 58.6. The van der Waals surface area contributed by atoms with Crippen LogP contribution in [0.4, 0.5) is 0 Å². The lowest BCUT2D eigenvalue weighted by Gasteiger charge is -2.41. The highest BCUT2D eigenvalue weighted by Crippen LogP contribution is 2.45. The summed E-state index contributed by atoms with van der Waals surface area (Å²) in [6, 6.07) is 21.8. The molecule has 0 radical (unpaired) electrons. The van der Waals surface area contributed by atoms with E-state index in [1.807, 2.05) is 38.1 Å². The molecule has 1 unspecified atom stereocenters. The highest BCUT2D eigenvalue weighted by Gasteiger charge is 2.45. The summed E-state index contributed by atoms with van der Waals surface area (Å²) in [5.74, 6) is 2.34. The number of nitrogens with one attached hydrogen (secondary N) is 1. The number of ether oxygens (including phenoxy) is 10. The molecular weight excluding hydrogens is 658 g/mol. The Morgan fingerprint density at radius 1 is 0.471 bits per heavy atom. The first-order valence-electron chi connectivity index (χ1n) is 16.3. The van der Waals surface area contributed by atoms with Gasteiger partial charge in [-0.15, -0.1) is 0 Å². The van der Waals surface area contributed by atoms with Crippen LogP contribution in [0.1, 0.15) is 42.5 Å². The molecule has 0 saturated heterocycles. The Morgan fingerprint density at radius 3 is 1.08 bits per heavy atom. The van der Waals surface area contributed by atoms with Gasteiger partial charge in [-0.2, -0.15) is 5.48 Å². The Bertz CT molecular complexity index is 1630. The van der Waals surface area contributed by atoms with Crippen LogP contribution in [-0.2, 0) is 25.8 Å². The molecule has 0 saturated carbocycles. The lowest BCUT2D eigenvalue weighted by Crippen LogP contribution is -2.51. The zero-order chi connectivity index (χ0) is 37.2. The predicted octanol–water partition coefficient (Wildman–Crippen LogP) is 6.84. The first-order valence-corrected chi connectivity index (χ1v) is 16.3. The van der Waals surface area contributed by atoms with Gasteiger partial charge in [-0.25, -0.2) is 0 Å². The number of hydrogen-bond acceptors (Lipinski definition) is 12. The van der Waals surface area contributed by atoms with E-state index in [0.29, 0.717) is 74.7 Å². The zero-order valence-electron chi connectivity index (χ0n) is 31.2. The molecule has 0 spiro atoms. The number of hydrogen-bond donors (Lipinski definition) is 1. The molecule has 0 aromatic heterocycles. The second kappa shape index (κ2) is 17.4. The van der Waals surface area contributed by atoms with Crippen LogP contribution >= 0.6 is 0 Å². The van der Waals surface area contributed by atoms with E-state index in [2.05, 4.69) is 5.48 Å². The Labute approximate surface area is 300 Å². The first kappa shape index (κ1) is 38.9. The fourth-order valence-electron chi connectivity index (χ4n) is 5.71. The van der Waals surface area contributed by atoms with Gasteiger partial charge in [-0.1, -0.05) is 19.1 Å². The highest BCUT2D eigenvalue weighted by molar-refractivity contribution is 5.52. The maximum absolute atomic E-state index is 7.01. The van der Waals surface area contributed by atoms with Gasteiger partial charge in [0.25, 0.3) is 0 Å². The number of benzene rings is 4. The second-order valence-corrected chi connectivity index (χ2v) is 11.3. The largest absolute Gasteiger partial charge is 0.493 e. The molecule has 0 aliphatic rings. The molecule has 0 heterocycles. The van der Waals surface area contributed by atoms with E-state index in [0.717, 1.165) is 0 Å². The van der Waals surface area contributed by atoms with Gasteiger partial charge in [-0.05, 0) is 74.0 Å². The number of methoxy groups -OCH3 is 9. The molecule has 12 nitrogen and oxygen atoms in total. The highest BCUT2D eigenvalue weighted by atomic mass is 16.8. The molecule has 1 N–H and O–H groups in total. The van der Waals surface area contributed by atoms with Crippen molar-refractivity contribution in [2.45, 2.75) is 37.9 Å². The van der Waals surface area contributed by atoms with E-state index in [1.54, 1.807) is 113 Å². The summed E-state index contributed by atoms with van der Waals surface area (Å²) in [6.07, 6.45) is 0.346. The van der Waals surface area contributed by atoms with Gasteiger partial charge >= 0.3 is 0 Å². The molecule has 276 valence electrons. The van der Waals surface area contributed by atoms with Crippen molar-refractivity contribution in [2.24, 2.45) is 0 Å². The van der Waals surface area contributed by atoms with Gasteiger partial charge in [0, 0.05) is 29.4 Å². The quantitative estimate of drug-likeness (QED) is 0.0813. The van der Waals surface area contributed by atoms with E-state index in [-0.39, 0.29) is 6.10 Å². The topological polar surface area (TPSA) is 114 Å². The van der Waals surface area contributed by atoms with E-state index in [1.165, 1.54) is 0 Å². The average molecular weight is 708 g/mol. The third kappa shape index (κ3) is 7.74. The molecule has 4 aromatic carbocycles. The fourth-order valence-corrected chi connectivity index (χ4v) is 5.71. The van der Waals surface area contributed by atoms with Crippen molar-refractivity contribution in [3.05, 3.63) is 95.1 Å². The van der Waals surface area contributed by atoms with Crippen molar-refractivity contribution in [1.29, 1.82) is 0 Å². The first-order chi connectivity index (χ1) is 24.7. The Morgan fingerprint density at radius 2 is 0.784 bits per heavy atom. The van der Waals surface area contributed by atoms with Crippen molar-refractivity contribution in [3.8, 4) is 46.0 Å². The standard InChI is InChI=1S/C39H49NO11/c1-12-25(2)50-39(28-15-19-32(43-5)36(23-28)47-9,29-16-20-33(44-6)37(24-29)48-10)51-40-38(49-11,26-13-17-30(41-3)34(21-26)45-7)27-14-18-31(42-4)35(22-27)46-8/h13-25,40H,12H2,1-11H3. The minimum absolute atomic E-state index is 0.313. The minimum atomic E-state index is -1.66. The van der Waals surface area contributed by atoms with Crippen molar-refractivity contribution < 1.29 is 52.2 Å². The van der Waals surface area contributed by atoms with Crippen LogP contribution in [0.5, 0.6) is 46.0 Å². The number of rotatable bonds is 19. The monoisotopic (exact) mass is 707 g/mol. The van der Waals surface area contributed by atoms with Crippen molar-refractivity contribution >= 4 is 0 Å². The predicted molar refractivity (Wildman–Crippen MR) is 192 cm³/mol. The van der Waals surface area contributed by atoms with Gasteiger partial charge < -0.3 is 47.4 Å². The Hall–Kier alpha value is -4.88. The summed E-state index contributed by atoms with van der Waals surface area (Å²) in [5, 5.41) is 0. The molecule has 0 aliphatic carbocycles. The molecular formula is C39H49NO11. The van der Waals surface area contributed by atoms with Gasteiger partial charge in [0.15, 0.2) is 51.7 Å². The summed E-state index contributed by atoms with van der Waals surface area (Å²) in [4.78, 5) is 7.01. The van der Waals surface area contributed by atoms with Gasteiger partial charge in [-0.3, -0.25) is 4.84 Å². The van der Waals surface area contributed by atoms with E-state index in [4.69, 9.17) is 52.2 Å². The van der Waals surface area contributed by atoms with Crippen LogP contribution in [0, 0.1) is 0 Å². The van der Waals surface area contributed by atoms with E-state index < -0.39 is 11.5 Å². The molecule has 0 bridgehead atoms. The molecule has 0 amide bonds. The molecule has 0 fully saturated rings. The summed E-state index contributed by atoms with van der Waals surface area (Å²) in [6.45, 7) is 3.99. The SMILES string of the molecule is CCC(C)OC(ONC(OC)(c1ccc(OC)c(OC)c1)c1ccc(OC)c(OC)c1)(c1ccc(OC)c(OC)c1)c1ccc(OC)c(OC)c1. The van der Waals surface area contributed by atoms with E-state index >= 15 is 0 Å². The minimum Gasteiger partial charge on any atom is -0.493 e. The van der Waals surface area contributed by atoms with E-state index in [9.17, 15) is 0 Å². The van der Waals surface area contributed by atoms with Gasteiger partial charge in [0.2, 0.25) is 5.79 Å². The van der Waals surface area contributed by atoms with Crippen LogP contribution in [0.25, 0.3) is 0 Å². The maximum Gasteiger partial charge on any atom is 0.240 e. The Kier molecular flexibility index (Phi) is 13.2. The molecule has 1 atom stereocenters. The van der Waals surface area contributed by atoms with Crippen molar-refractivity contribution in [1.82, 2.24) is 5.48 Å². The van der Waals surface area contributed by atoms with Crippen LogP contribution in [0.2, 0.25) is 0 Å². The normalized spacial score (nSPS) is 12.1. The summed E-state index contributed by atoms with van der Waals surface area (Å²) in [7, 11) is 14.1. The third-order valence-electron chi connectivity index (χ3n) is 8.69. The second-order valence-electron chi connectivity index (χ2n) is 11.3. The molecule has 12 heteroatoms. The lowest BCUT2D eigenvalue weighted by atomic mass is 9.93. The maximum atomic E-state index is 7.01. The fraction of sp³-hybridized carbons (Fsp3) is 0.385. The van der Waals surface area contributed by atoms with Crippen LogP contribution in [0.15, 0.2) is 72.8 Å². The molecule has 0 aliphatic heterocycles. The van der Waals surface area contributed by atoms with Gasteiger partial charge in [0.1, 0.15) is 0 Å². The van der Waals surface area contributed by atoms with Crippen molar-refractivity contribution in [2.75, 3.05) is 64.0 Å². The zero-order valence-corrected chi connectivity index (χ0v) is 31.2. The third-order valence-corrected chi connectivity index (χ3v) is 8.69. The number of hydroxylamine groups is 1. The lowest BCUT2D eigenvalue weighted by molar-refractivity contribution is -0.300. The van der Waals surface area contributed by atoms with Crippen molar-refractivity contribution in [3.63, 3.8) is 0 Å². The van der Waals surface area contributed by atoms with Crippen LogP contribution in [0.3, 0.4) is 0 Å². The smallest absolute Gasteiger partial charge is 0.240 e. The summed E-state index contributed by atoms with van der Waals surface area (Å²) >= 11 is 0.